The van der Waals surface area contributed by atoms with Crippen molar-refractivity contribution in [3.05, 3.63) is 92.7 Å². The summed E-state index contributed by atoms with van der Waals surface area (Å²) in [4.78, 5) is 31.3. The number of aromatic nitrogens is 2. The summed E-state index contributed by atoms with van der Waals surface area (Å²) in [7, 11) is 0. The third kappa shape index (κ3) is 4.82. The average molecular weight is 478 g/mol. The van der Waals surface area contributed by atoms with Crippen molar-refractivity contribution in [3.8, 4) is 5.69 Å². The fourth-order valence-corrected chi connectivity index (χ4v) is 4.75. The zero-order valence-electron chi connectivity index (χ0n) is 18.8. The molecule has 7 heteroatoms. The van der Waals surface area contributed by atoms with Gasteiger partial charge >= 0.3 is 0 Å². The molecule has 1 amide bonds. The molecule has 4 aromatic rings. The van der Waals surface area contributed by atoms with Gasteiger partial charge in [0.25, 0.3) is 5.56 Å². The molecular weight excluding hydrogens is 454 g/mol. The summed E-state index contributed by atoms with van der Waals surface area (Å²) >= 11 is 7.40. The molecule has 1 atom stereocenters. The molecule has 4 rings (SSSR count). The SMILES string of the molecule is Cc1cccc(-n2c(SC(C)C(=O)Nc3c(C)cccc3C)nc3cc(Cl)ccc3c2=O)c1. The van der Waals surface area contributed by atoms with Crippen LogP contribution < -0.4 is 10.9 Å². The Kier molecular flexibility index (Phi) is 6.58. The quantitative estimate of drug-likeness (QED) is 0.279. The minimum absolute atomic E-state index is 0.159. The number of rotatable bonds is 5. The number of para-hydroxylation sites is 1. The van der Waals surface area contributed by atoms with Gasteiger partial charge in [-0.25, -0.2) is 4.98 Å². The average Bonchev–Trinajstić information content (AvgIpc) is 2.76. The van der Waals surface area contributed by atoms with Crippen LogP contribution in [0.1, 0.15) is 23.6 Å². The van der Waals surface area contributed by atoms with E-state index in [1.807, 2.05) is 70.2 Å². The highest BCUT2D eigenvalue weighted by molar-refractivity contribution is 8.00. The minimum Gasteiger partial charge on any atom is -0.325 e. The number of nitrogens with zero attached hydrogens (tertiary/aromatic N) is 2. The number of halogens is 1. The van der Waals surface area contributed by atoms with Gasteiger partial charge in [-0.1, -0.05) is 53.7 Å². The first-order valence-corrected chi connectivity index (χ1v) is 11.8. The molecule has 0 fully saturated rings. The lowest BCUT2D eigenvalue weighted by Crippen LogP contribution is -2.26. The molecule has 1 heterocycles. The standard InChI is InChI=1S/C26H24ClN3O2S/c1-15-7-5-10-20(13-15)30-25(32)21-12-11-19(27)14-22(21)28-26(30)33-18(4)24(31)29-23-16(2)8-6-9-17(23)3/h5-14,18H,1-4H3,(H,29,31). The first-order chi connectivity index (χ1) is 15.7. The summed E-state index contributed by atoms with van der Waals surface area (Å²) in [5.74, 6) is -0.159. The maximum absolute atomic E-state index is 13.5. The number of nitrogens with one attached hydrogen (secondary N) is 1. The topological polar surface area (TPSA) is 64.0 Å². The molecule has 0 aliphatic rings. The van der Waals surface area contributed by atoms with Crippen LogP contribution in [-0.4, -0.2) is 20.7 Å². The Morgan fingerprint density at radius 1 is 1.03 bits per heavy atom. The van der Waals surface area contributed by atoms with Crippen molar-refractivity contribution in [3.63, 3.8) is 0 Å². The summed E-state index contributed by atoms with van der Waals surface area (Å²) in [6.07, 6.45) is 0. The Hall–Kier alpha value is -3.09. The Labute approximate surface area is 201 Å². The Morgan fingerprint density at radius 2 is 1.73 bits per heavy atom. The van der Waals surface area contributed by atoms with Crippen LogP contribution in [0.4, 0.5) is 5.69 Å². The fourth-order valence-electron chi connectivity index (χ4n) is 3.66. The summed E-state index contributed by atoms with van der Waals surface area (Å²) < 4.78 is 1.57. The number of benzene rings is 3. The molecule has 0 saturated heterocycles. The van der Waals surface area contributed by atoms with Gasteiger partial charge in [0.1, 0.15) is 0 Å². The number of thioether (sulfide) groups is 1. The van der Waals surface area contributed by atoms with Crippen LogP contribution in [0.2, 0.25) is 5.02 Å². The van der Waals surface area contributed by atoms with Gasteiger partial charge in [0.05, 0.1) is 21.8 Å². The second-order valence-corrected chi connectivity index (χ2v) is 9.80. The molecule has 1 aromatic heterocycles. The van der Waals surface area contributed by atoms with Crippen molar-refractivity contribution in [1.82, 2.24) is 9.55 Å². The highest BCUT2D eigenvalue weighted by Crippen LogP contribution is 2.28. The van der Waals surface area contributed by atoms with E-state index in [0.717, 1.165) is 22.4 Å². The van der Waals surface area contributed by atoms with E-state index in [-0.39, 0.29) is 11.5 Å². The van der Waals surface area contributed by atoms with Gasteiger partial charge < -0.3 is 5.32 Å². The third-order valence-electron chi connectivity index (χ3n) is 5.44. The molecule has 0 aliphatic carbocycles. The fraction of sp³-hybridized carbons (Fsp3) is 0.192. The monoisotopic (exact) mass is 477 g/mol. The molecule has 33 heavy (non-hydrogen) atoms. The zero-order valence-corrected chi connectivity index (χ0v) is 20.4. The number of aryl methyl sites for hydroxylation is 3. The highest BCUT2D eigenvalue weighted by atomic mass is 35.5. The number of hydrogen-bond acceptors (Lipinski definition) is 4. The van der Waals surface area contributed by atoms with Gasteiger partial charge in [-0.2, -0.15) is 0 Å². The second kappa shape index (κ2) is 9.41. The van der Waals surface area contributed by atoms with Crippen LogP contribution in [0.3, 0.4) is 0 Å². The predicted molar refractivity (Wildman–Crippen MR) is 137 cm³/mol. The van der Waals surface area contributed by atoms with Crippen LogP contribution >= 0.6 is 23.4 Å². The maximum atomic E-state index is 13.5. The summed E-state index contributed by atoms with van der Waals surface area (Å²) in [5, 5.41) is 3.94. The van der Waals surface area contributed by atoms with E-state index in [1.54, 1.807) is 22.8 Å². The van der Waals surface area contributed by atoms with Crippen LogP contribution in [0.5, 0.6) is 0 Å². The first-order valence-electron chi connectivity index (χ1n) is 10.6. The third-order valence-corrected chi connectivity index (χ3v) is 6.73. The number of amides is 1. The molecule has 0 saturated carbocycles. The van der Waals surface area contributed by atoms with Crippen molar-refractivity contribution in [2.45, 2.75) is 38.1 Å². The zero-order chi connectivity index (χ0) is 23.7. The summed E-state index contributed by atoms with van der Waals surface area (Å²) in [6.45, 7) is 7.70. The van der Waals surface area contributed by atoms with Crippen LogP contribution in [0.25, 0.3) is 16.6 Å². The lowest BCUT2D eigenvalue weighted by Gasteiger charge is -2.18. The van der Waals surface area contributed by atoms with E-state index >= 15 is 0 Å². The van der Waals surface area contributed by atoms with E-state index in [2.05, 4.69) is 5.32 Å². The van der Waals surface area contributed by atoms with Crippen molar-refractivity contribution in [2.75, 3.05) is 5.32 Å². The number of fused-ring (bicyclic) bond motifs is 1. The van der Waals surface area contributed by atoms with Gasteiger partial charge in [0.2, 0.25) is 5.91 Å². The van der Waals surface area contributed by atoms with E-state index in [9.17, 15) is 9.59 Å². The molecule has 1 unspecified atom stereocenters. The molecule has 0 aliphatic heterocycles. The lowest BCUT2D eigenvalue weighted by molar-refractivity contribution is -0.115. The normalized spacial score (nSPS) is 12.0. The van der Waals surface area contributed by atoms with Crippen LogP contribution in [0, 0.1) is 20.8 Å². The smallest absolute Gasteiger partial charge is 0.266 e. The maximum Gasteiger partial charge on any atom is 0.266 e. The van der Waals surface area contributed by atoms with Crippen LogP contribution in [0.15, 0.2) is 70.6 Å². The Balaban J connectivity index is 1.76. The van der Waals surface area contributed by atoms with Gasteiger partial charge in [0, 0.05) is 10.7 Å². The van der Waals surface area contributed by atoms with Gasteiger partial charge in [-0.15, -0.1) is 0 Å². The minimum atomic E-state index is -0.497. The van der Waals surface area contributed by atoms with E-state index in [0.29, 0.717) is 26.8 Å². The molecule has 1 N–H and O–H groups in total. The summed E-state index contributed by atoms with van der Waals surface area (Å²) in [6, 6.07) is 18.6. The molecular formula is C26H24ClN3O2S. The highest BCUT2D eigenvalue weighted by Gasteiger charge is 2.21. The lowest BCUT2D eigenvalue weighted by atomic mass is 10.1. The Bertz CT molecular complexity index is 1410. The molecule has 168 valence electrons. The number of anilines is 1. The number of hydrogen-bond donors (Lipinski definition) is 1. The van der Waals surface area contributed by atoms with Crippen molar-refractivity contribution < 1.29 is 4.79 Å². The molecule has 3 aromatic carbocycles. The van der Waals surface area contributed by atoms with Crippen molar-refractivity contribution in [2.24, 2.45) is 0 Å². The Morgan fingerprint density at radius 3 is 2.42 bits per heavy atom. The number of carbonyl (C=O) groups is 1. The molecule has 0 radical (unpaired) electrons. The summed E-state index contributed by atoms with van der Waals surface area (Å²) in [5.41, 5.74) is 4.82. The van der Waals surface area contributed by atoms with Gasteiger partial charge in [0.15, 0.2) is 5.16 Å². The van der Waals surface area contributed by atoms with E-state index < -0.39 is 5.25 Å². The van der Waals surface area contributed by atoms with E-state index in [4.69, 9.17) is 16.6 Å². The van der Waals surface area contributed by atoms with E-state index in [1.165, 1.54) is 11.8 Å². The number of carbonyl (C=O) groups excluding carboxylic acids is 1. The predicted octanol–water partition coefficient (Wildman–Crippen LogP) is 6.08. The van der Waals surface area contributed by atoms with Crippen molar-refractivity contribution >= 4 is 45.9 Å². The first kappa shape index (κ1) is 23.1. The van der Waals surface area contributed by atoms with Gasteiger partial charge in [-0.3, -0.25) is 14.2 Å². The largest absolute Gasteiger partial charge is 0.325 e. The van der Waals surface area contributed by atoms with Gasteiger partial charge in [-0.05, 0) is 74.7 Å². The molecule has 5 nitrogen and oxygen atoms in total. The van der Waals surface area contributed by atoms with Crippen molar-refractivity contribution in [1.29, 1.82) is 0 Å². The second-order valence-electron chi connectivity index (χ2n) is 8.05. The van der Waals surface area contributed by atoms with Crippen LogP contribution in [-0.2, 0) is 4.79 Å². The molecule has 0 spiro atoms. The molecule has 0 bridgehead atoms.